The molecule has 2 heterocycles. The topological polar surface area (TPSA) is 184 Å². The highest BCUT2D eigenvalue weighted by atomic mass is 32.2. The molecule has 0 saturated carbocycles. The highest BCUT2D eigenvalue weighted by Gasteiger charge is 2.16. The molecule has 0 amide bonds. The van der Waals surface area contributed by atoms with Crippen LogP contribution in [0.2, 0.25) is 0 Å². The Bertz CT molecular complexity index is 1680. The second-order valence-corrected chi connectivity index (χ2v) is 11.0. The Morgan fingerprint density at radius 1 is 1.00 bits per heavy atom. The molecule has 4 aromatic rings. The Kier molecular flexibility index (Phi) is 6.52. The lowest BCUT2D eigenvalue weighted by atomic mass is 10.2. The van der Waals surface area contributed by atoms with E-state index in [9.17, 15) is 21.6 Å². The minimum atomic E-state index is -4.30. The van der Waals surface area contributed by atoms with Crippen LogP contribution in [0, 0.1) is 6.92 Å². The summed E-state index contributed by atoms with van der Waals surface area (Å²) in [6.07, 6.45) is 0. The summed E-state index contributed by atoms with van der Waals surface area (Å²) in [6, 6.07) is 11.5. The molecule has 2 aromatic carbocycles. The summed E-state index contributed by atoms with van der Waals surface area (Å²) in [6.45, 7) is 1.64. The van der Waals surface area contributed by atoms with E-state index >= 15 is 0 Å². The van der Waals surface area contributed by atoms with Crippen LogP contribution in [0.5, 0.6) is 0 Å². The Balaban J connectivity index is 1.57. The summed E-state index contributed by atoms with van der Waals surface area (Å²) in [5.41, 5.74) is 1.85. The van der Waals surface area contributed by atoms with Gasteiger partial charge in [-0.05, 0) is 36.8 Å². The molecule has 0 unspecified atom stereocenters. The van der Waals surface area contributed by atoms with Gasteiger partial charge in [-0.1, -0.05) is 24.3 Å². The van der Waals surface area contributed by atoms with Gasteiger partial charge in [0.15, 0.2) is 5.69 Å². The lowest BCUT2D eigenvalue weighted by Gasteiger charge is -1.99. The highest BCUT2D eigenvalue weighted by Crippen LogP contribution is 2.26. The third kappa shape index (κ3) is 5.77. The molecule has 35 heavy (non-hydrogen) atoms. The summed E-state index contributed by atoms with van der Waals surface area (Å²) in [4.78, 5) is 17.1. The van der Waals surface area contributed by atoms with Gasteiger partial charge in [0.05, 0.1) is 22.0 Å². The standard InChI is InChI=1S/C20H17N5O7S3/c1-12-18(23-22-15-6-2-13(3-7-15)11-34(27,28)29)19(26)25(24-12)20-21-17(10-33-20)14-4-8-16(9-5-14)35(30,31)32/h2-10,24H,11H2,1H3,(H,27,28,29)(H,30,31,32). The predicted molar refractivity (Wildman–Crippen MR) is 128 cm³/mol. The number of thiazole rings is 1. The summed E-state index contributed by atoms with van der Waals surface area (Å²) < 4.78 is 63.5. The van der Waals surface area contributed by atoms with Crippen LogP contribution in [0.1, 0.15) is 11.3 Å². The molecule has 0 radical (unpaired) electrons. The van der Waals surface area contributed by atoms with E-state index in [0.29, 0.717) is 33.3 Å². The van der Waals surface area contributed by atoms with Crippen LogP contribution in [0.3, 0.4) is 0 Å². The molecule has 182 valence electrons. The van der Waals surface area contributed by atoms with E-state index in [-0.39, 0.29) is 10.6 Å². The summed E-state index contributed by atoms with van der Waals surface area (Å²) >= 11 is 1.18. The van der Waals surface area contributed by atoms with E-state index in [2.05, 4.69) is 20.3 Å². The van der Waals surface area contributed by atoms with E-state index in [1.807, 2.05) is 0 Å². The molecule has 2 aromatic heterocycles. The van der Waals surface area contributed by atoms with Gasteiger partial charge >= 0.3 is 5.56 Å². The van der Waals surface area contributed by atoms with Gasteiger partial charge < -0.3 is 0 Å². The monoisotopic (exact) mass is 535 g/mol. The van der Waals surface area contributed by atoms with Crippen molar-refractivity contribution in [3.05, 3.63) is 75.5 Å². The molecular formula is C20H17N5O7S3. The minimum Gasteiger partial charge on any atom is -0.291 e. The molecule has 4 rings (SSSR count). The molecule has 0 spiro atoms. The zero-order valence-electron chi connectivity index (χ0n) is 17.9. The van der Waals surface area contributed by atoms with Crippen molar-refractivity contribution >= 4 is 42.9 Å². The van der Waals surface area contributed by atoms with Crippen LogP contribution >= 0.6 is 11.3 Å². The van der Waals surface area contributed by atoms with E-state index in [1.165, 1.54) is 64.5 Å². The first-order chi connectivity index (χ1) is 16.4. The van der Waals surface area contributed by atoms with Gasteiger partial charge in [0.2, 0.25) is 5.13 Å². The average molecular weight is 536 g/mol. The molecule has 0 aliphatic rings. The lowest BCUT2D eigenvalue weighted by molar-refractivity contribution is 0.480. The molecule has 0 atom stereocenters. The van der Waals surface area contributed by atoms with Crippen LogP contribution in [-0.2, 0) is 26.0 Å². The fourth-order valence-corrected chi connectivity index (χ4v) is 4.95. The number of azo groups is 1. The fraction of sp³-hybridized carbons (Fsp3) is 0.100. The fourth-order valence-electron chi connectivity index (χ4n) is 3.06. The van der Waals surface area contributed by atoms with Gasteiger partial charge in [-0.25, -0.2) is 4.98 Å². The molecule has 3 N–H and O–H groups in total. The number of benzene rings is 2. The van der Waals surface area contributed by atoms with Crippen LogP contribution in [-0.4, -0.2) is 40.7 Å². The molecule has 0 saturated heterocycles. The Labute approximate surface area is 203 Å². The minimum absolute atomic E-state index is 0.0567. The van der Waals surface area contributed by atoms with Crippen molar-refractivity contribution in [3.63, 3.8) is 0 Å². The van der Waals surface area contributed by atoms with Gasteiger partial charge in [0, 0.05) is 10.9 Å². The second kappa shape index (κ2) is 9.27. The number of aromatic amines is 1. The first-order valence-electron chi connectivity index (χ1n) is 9.72. The van der Waals surface area contributed by atoms with E-state index in [4.69, 9.17) is 9.11 Å². The van der Waals surface area contributed by atoms with Gasteiger partial charge in [-0.15, -0.1) is 16.5 Å². The number of aryl methyl sites for hydroxylation is 1. The number of hydrogen-bond acceptors (Lipinski definition) is 9. The summed E-state index contributed by atoms with van der Waals surface area (Å²) in [5, 5.41) is 12.9. The number of hydrogen-bond donors (Lipinski definition) is 3. The summed E-state index contributed by atoms with van der Waals surface area (Å²) in [5.74, 6) is -0.521. The van der Waals surface area contributed by atoms with Crippen molar-refractivity contribution in [2.24, 2.45) is 10.2 Å². The van der Waals surface area contributed by atoms with Crippen molar-refractivity contribution in [1.29, 1.82) is 0 Å². The predicted octanol–water partition coefficient (Wildman–Crippen LogP) is 3.65. The van der Waals surface area contributed by atoms with Crippen molar-refractivity contribution in [2.75, 3.05) is 0 Å². The first kappa shape index (κ1) is 24.6. The van der Waals surface area contributed by atoms with E-state index in [0.717, 1.165) is 0 Å². The molecule has 15 heteroatoms. The van der Waals surface area contributed by atoms with Crippen molar-refractivity contribution in [1.82, 2.24) is 14.8 Å². The Morgan fingerprint density at radius 3 is 2.26 bits per heavy atom. The maximum Gasteiger partial charge on any atom is 0.301 e. The van der Waals surface area contributed by atoms with Crippen LogP contribution in [0.25, 0.3) is 16.4 Å². The first-order valence-corrected chi connectivity index (χ1v) is 13.6. The average Bonchev–Trinajstić information content (AvgIpc) is 3.37. The summed E-state index contributed by atoms with van der Waals surface area (Å²) in [7, 11) is -8.45. The number of nitrogens with one attached hydrogen (secondary N) is 1. The number of H-pyrrole nitrogens is 1. The lowest BCUT2D eigenvalue weighted by Crippen LogP contribution is -2.13. The smallest absolute Gasteiger partial charge is 0.291 e. The van der Waals surface area contributed by atoms with Gasteiger partial charge in [0.25, 0.3) is 20.2 Å². The third-order valence-electron chi connectivity index (χ3n) is 4.72. The second-order valence-electron chi connectivity index (χ2n) is 7.33. The Morgan fingerprint density at radius 2 is 1.66 bits per heavy atom. The van der Waals surface area contributed by atoms with E-state index in [1.54, 1.807) is 12.3 Å². The van der Waals surface area contributed by atoms with Crippen LogP contribution in [0.4, 0.5) is 11.4 Å². The molecule has 0 aliphatic carbocycles. The molecular weight excluding hydrogens is 518 g/mol. The maximum absolute atomic E-state index is 12.9. The molecule has 0 fully saturated rings. The zero-order valence-corrected chi connectivity index (χ0v) is 20.3. The Hall–Kier alpha value is -3.50. The van der Waals surface area contributed by atoms with Crippen LogP contribution in [0.15, 0.2) is 73.8 Å². The van der Waals surface area contributed by atoms with Gasteiger partial charge in [-0.2, -0.15) is 26.6 Å². The van der Waals surface area contributed by atoms with Gasteiger partial charge in [-0.3, -0.25) is 19.0 Å². The highest BCUT2D eigenvalue weighted by molar-refractivity contribution is 7.85. The quantitative estimate of drug-likeness (QED) is 0.236. The third-order valence-corrected chi connectivity index (χ3v) is 7.11. The number of rotatable bonds is 7. The largest absolute Gasteiger partial charge is 0.301 e. The maximum atomic E-state index is 12.9. The molecule has 12 nitrogen and oxygen atoms in total. The zero-order chi connectivity index (χ0) is 25.4. The normalized spacial score (nSPS) is 12.4. The number of nitrogens with zero attached hydrogens (tertiary/aromatic N) is 4. The van der Waals surface area contributed by atoms with Gasteiger partial charge in [0.1, 0.15) is 5.75 Å². The van der Waals surface area contributed by atoms with Crippen molar-refractivity contribution in [3.8, 4) is 16.4 Å². The SMILES string of the molecule is Cc1[nH]n(-c2nc(-c3ccc(S(=O)(=O)O)cc3)cs2)c(=O)c1N=Nc1ccc(CS(=O)(=O)O)cc1. The molecule has 0 aliphatic heterocycles. The van der Waals surface area contributed by atoms with E-state index < -0.39 is 31.5 Å². The van der Waals surface area contributed by atoms with Crippen molar-refractivity contribution in [2.45, 2.75) is 17.6 Å². The van der Waals surface area contributed by atoms with Crippen LogP contribution < -0.4 is 5.56 Å². The molecule has 0 bridgehead atoms. The number of aromatic nitrogens is 3. The van der Waals surface area contributed by atoms with Crippen molar-refractivity contribution < 1.29 is 25.9 Å².